The zero-order valence-electron chi connectivity index (χ0n) is 9.89. The Labute approximate surface area is 86.5 Å². The monoisotopic (exact) mass is 195 g/mol. The average molecular weight is 195 g/mol. The van der Waals surface area contributed by atoms with E-state index in [1.54, 1.807) is 0 Å². The van der Waals surface area contributed by atoms with E-state index < -0.39 is 0 Å². The van der Waals surface area contributed by atoms with Gasteiger partial charge >= 0.3 is 0 Å². The van der Waals surface area contributed by atoms with Crippen molar-refractivity contribution in [3.05, 3.63) is 17.0 Å². The first kappa shape index (κ1) is 11.2. The summed E-state index contributed by atoms with van der Waals surface area (Å²) in [5, 5.41) is 7.72. The van der Waals surface area contributed by atoms with Gasteiger partial charge in [0.25, 0.3) is 0 Å². The van der Waals surface area contributed by atoms with Crippen molar-refractivity contribution in [2.45, 2.75) is 33.7 Å². The van der Waals surface area contributed by atoms with Gasteiger partial charge in [-0.05, 0) is 31.9 Å². The number of hydrogen-bond donors (Lipinski definition) is 1. The molecule has 0 unspecified atom stereocenters. The van der Waals surface area contributed by atoms with Gasteiger partial charge in [-0.25, -0.2) is 0 Å². The van der Waals surface area contributed by atoms with Crippen LogP contribution in [0.5, 0.6) is 0 Å². The minimum absolute atomic E-state index is 0.672. The van der Waals surface area contributed by atoms with E-state index in [1.807, 2.05) is 18.8 Å². The fraction of sp³-hybridized carbons (Fsp3) is 0.727. The van der Waals surface area contributed by atoms with Gasteiger partial charge in [-0.2, -0.15) is 5.10 Å². The summed E-state index contributed by atoms with van der Waals surface area (Å²) in [7, 11) is 3.98. The van der Waals surface area contributed by atoms with E-state index >= 15 is 0 Å². The standard InChI is InChI=1S/C11H21N3/c1-8(2)6-10-9(3)11(7-12-4)14(5)13-10/h8,12H,6-7H2,1-5H3. The number of hydrogen-bond acceptors (Lipinski definition) is 2. The van der Waals surface area contributed by atoms with E-state index in [0.717, 1.165) is 13.0 Å². The normalized spacial score (nSPS) is 11.3. The second kappa shape index (κ2) is 4.60. The van der Waals surface area contributed by atoms with Crippen LogP contribution in [0.2, 0.25) is 0 Å². The first-order valence-electron chi connectivity index (χ1n) is 5.22. The van der Waals surface area contributed by atoms with E-state index in [2.05, 4.69) is 31.2 Å². The Balaban J connectivity index is 2.92. The highest BCUT2D eigenvalue weighted by Gasteiger charge is 2.12. The van der Waals surface area contributed by atoms with Crippen molar-refractivity contribution in [2.24, 2.45) is 13.0 Å². The van der Waals surface area contributed by atoms with Gasteiger partial charge in [0.15, 0.2) is 0 Å². The van der Waals surface area contributed by atoms with E-state index in [-0.39, 0.29) is 0 Å². The van der Waals surface area contributed by atoms with Crippen LogP contribution in [-0.2, 0) is 20.0 Å². The Bertz CT molecular complexity index is 300. The predicted octanol–water partition coefficient (Wildman–Crippen LogP) is 1.65. The minimum atomic E-state index is 0.672. The third-order valence-electron chi connectivity index (χ3n) is 2.47. The molecule has 0 radical (unpaired) electrons. The van der Waals surface area contributed by atoms with Crippen LogP contribution in [0.1, 0.15) is 30.8 Å². The highest BCUT2D eigenvalue weighted by Crippen LogP contribution is 2.15. The van der Waals surface area contributed by atoms with Crippen molar-refractivity contribution >= 4 is 0 Å². The lowest BCUT2D eigenvalue weighted by Gasteiger charge is -2.02. The maximum Gasteiger partial charge on any atom is 0.0659 e. The van der Waals surface area contributed by atoms with Gasteiger partial charge in [-0.3, -0.25) is 4.68 Å². The van der Waals surface area contributed by atoms with Crippen molar-refractivity contribution in [2.75, 3.05) is 7.05 Å². The van der Waals surface area contributed by atoms with Crippen LogP contribution in [0.15, 0.2) is 0 Å². The van der Waals surface area contributed by atoms with Crippen LogP contribution < -0.4 is 5.32 Å². The Morgan fingerprint density at radius 3 is 2.57 bits per heavy atom. The lowest BCUT2D eigenvalue weighted by Crippen LogP contribution is -2.10. The fourth-order valence-corrected chi connectivity index (χ4v) is 1.72. The minimum Gasteiger partial charge on any atom is -0.314 e. The molecule has 0 aliphatic heterocycles. The maximum atomic E-state index is 4.55. The summed E-state index contributed by atoms with van der Waals surface area (Å²) in [5.41, 5.74) is 3.88. The van der Waals surface area contributed by atoms with E-state index in [0.29, 0.717) is 5.92 Å². The molecule has 1 N–H and O–H groups in total. The SMILES string of the molecule is CNCc1c(C)c(CC(C)C)nn1C. The first-order valence-corrected chi connectivity index (χ1v) is 5.22. The molecular formula is C11H21N3. The molecule has 1 aromatic heterocycles. The fourth-order valence-electron chi connectivity index (χ4n) is 1.72. The molecule has 1 aromatic rings. The zero-order chi connectivity index (χ0) is 10.7. The molecule has 1 rings (SSSR count). The van der Waals surface area contributed by atoms with Crippen LogP contribution in [0.4, 0.5) is 0 Å². The van der Waals surface area contributed by atoms with Crippen LogP contribution in [0.3, 0.4) is 0 Å². The molecule has 0 atom stereocenters. The molecule has 3 heteroatoms. The molecule has 80 valence electrons. The van der Waals surface area contributed by atoms with Gasteiger partial charge in [0.1, 0.15) is 0 Å². The summed E-state index contributed by atoms with van der Waals surface area (Å²) in [6.07, 6.45) is 1.07. The molecule has 0 saturated carbocycles. The summed E-state index contributed by atoms with van der Waals surface area (Å²) in [4.78, 5) is 0. The van der Waals surface area contributed by atoms with E-state index in [4.69, 9.17) is 0 Å². The predicted molar refractivity (Wildman–Crippen MR) is 59.3 cm³/mol. The molecule has 14 heavy (non-hydrogen) atoms. The second-order valence-electron chi connectivity index (χ2n) is 4.27. The van der Waals surface area contributed by atoms with Gasteiger partial charge in [0.05, 0.1) is 11.4 Å². The van der Waals surface area contributed by atoms with Crippen LogP contribution in [0.25, 0.3) is 0 Å². The summed E-state index contributed by atoms with van der Waals surface area (Å²) in [6, 6.07) is 0. The summed E-state index contributed by atoms with van der Waals surface area (Å²) >= 11 is 0. The van der Waals surface area contributed by atoms with E-state index in [9.17, 15) is 0 Å². The van der Waals surface area contributed by atoms with Crippen LogP contribution >= 0.6 is 0 Å². The molecule has 0 fully saturated rings. The molecular weight excluding hydrogens is 174 g/mol. The Morgan fingerprint density at radius 2 is 2.07 bits per heavy atom. The zero-order valence-corrected chi connectivity index (χ0v) is 9.89. The van der Waals surface area contributed by atoms with Crippen LogP contribution in [-0.4, -0.2) is 16.8 Å². The lowest BCUT2D eigenvalue weighted by atomic mass is 10.0. The number of nitrogens with one attached hydrogen (secondary N) is 1. The largest absolute Gasteiger partial charge is 0.314 e. The number of aromatic nitrogens is 2. The second-order valence-corrected chi connectivity index (χ2v) is 4.27. The topological polar surface area (TPSA) is 29.9 Å². The molecule has 0 bridgehead atoms. The molecule has 0 spiro atoms. The third-order valence-corrected chi connectivity index (χ3v) is 2.47. The van der Waals surface area contributed by atoms with Gasteiger partial charge in [0, 0.05) is 13.6 Å². The number of aryl methyl sites for hydroxylation is 1. The van der Waals surface area contributed by atoms with Gasteiger partial charge in [-0.1, -0.05) is 13.8 Å². The first-order chi connectivity index (χ1) is 6.56. The summed E-state index contributed by atoms with van der Waals surface area (Å²) in [6.45, 7) is 7.52. The molecule has 0 aliphatic carbocycles. The van der Waals surface area contributed by atoms with E-state index in [1.165, 1.54) is 17.0 Å². The molecule has 1 heterocycles. The van der Waals surface area contributed by atoms with Gasteiger partial charge < -0.3 is 5.32 Å². The number of nitrogens with zero attached hydrogens (tertiary/aromatic N) is 2. The maximum absolute atomic E-state index is 4.55. The summed E-state index contributed by atoms with van der Waals surface area (Å²) in [5.74, 6) is 0.672. The molecule has 3 nitrogen and oxygen atoms in total. The highest BCUT2D eigenvalue weighted by atomic mass is 15.3. The Morgan fingerprint density at radius 1 is 1.43 bits per heavy atom. The van der Waals surface area contributed by atoms with Crippen molar-refractivity contribution < 1.29 is 0 Å². The Hall–Kier alpha value is -0.830. The van der Waals surface area contributed by atoms with Crippen molar-refractivity contribution in [3.8, 4) is 0 Å². The molecule has 0 aliphatic rings. The third kappa shape index (κ3) is 2.35. The molecule has 0 saturated heterocycles. The smallest absolute Gasteiger partial charge is 0.0659 e. The quantitative estimate of drug-likeness (QED) is 0.791. The Kier molecular flexibility index (Phi) is 3.69. The highest BCUT2D eigenvalue weighted by molar-refractivity contribution is 5.24. The number of rotatable bonds is 4. The average Bonchev–Trinajstić information content (AvgIpc) is 2.32. The summed E-state index contributed by atoms with van der Waals surface area (Å²) < 4.78 is 1.99. The molecule has 0 amide bonds. The van der Waals surface area contributed by atoms with Crippen molar-refractivity contribution in [1.29, 1.82) is 0 Å². The van der Waals surface area contributed by atoms with Gasteiger partial charge in [0.2, 0.25) is 0 Å². The van der Waals surface area contributed by atoms with Crippen molar-refractivity contribution in [1.82, 2.24) is 15.1 Å². The van der Waals surface area contributed by atoms with Crippen molar-refractivity contribution in [3.63, 3.8) is 0 Å². The van der Waals surface area contributed by atoms with Crippen LogP contribution in [0, 0.1) is 12.8 Å². The lowest BCUT2D eigenvalue weighted by molar-refractivity contribution is 0.613. The van der Waals surface area contributed by atoms with Gasteiger partial charge in [-0.15, -0.1) is 0 Å². The molecule has 0 aromatic carbocycles.